The van der Waals surface area contributed by atoms with E-state index in [1.165, 1.54) is 24.3 Å². The summed E-state index contributed by atoms with van der Waals surface area (Å²) in [4.78, 5) is 33.6. The lowest BCUT2D eigenvalue weighted by Gasteiger charge is -2.28. The summed E-state index contributed by atoms with van der Waals surface area (Å²) in [6.45, 7) is 0. The molecule has 2 heterocycles. The Morgan fingerprint density at radius 1 is 0.724 bits per heavy atom. The Bertz CT molecular complexity index is 1060. The number of carbonyl (C=O) groups is 2. The molecule has 5 nitrogen and oxygen atoms in total. The first-order valence-electron chi connectivity index (χ1n) is 9.34. The van der Waals surface area contributed by atoms with Gasteiger partial charge in [0.15, 0.2) is 6.10 Å². The Morgan fingerprint density at radius 2 is 1.34 bits per heavy atom. The SMILES string of the molecule is O=C1[C@H]2[C@H](ON(c3ccccc3)[C@H]2c2ccccc2)C(=O)N1c1ccc(F)cc1. The number of hydroxylamine groups is 1. The zero-order chi connectivity index (χ0) is 20.0. The number of amides is 2. The summed E-state index contributed by atoms with van der Waals surface area (Å²) in [7, 11) is 0. The van der Waals surface area contributed by atoms with Crippen molar-refractivity contribution in [2.45, 2.75) is 12.1 Å². The van der Waals surface area contributed by atoms with Gasteiger partial charge in [0.25, 0.3) is 5.91 Å². The lowest BCUT2D eigenvalue weighted by Crippen LogP contribution is -2.37. The van der Waals surface area contributed by atoms with E-state index in [1.54, 1.807) is 5.06 Å². The highest BCUT2D eigenvalue weighted by Crippen LogP contribution is 2.47. The maximum Gasteiger partial charge on any atom is 0.266 e. The maximum atomic E-state index is 13.3. The Hall–Kier alpha value is -3.51. The molecule has 2 fully saturated rings. The van der Waals surface area contributed by atoms with Crippen LogP contribution in [0.5, 0.6) is 0 Å². The van der Waals surface area contributed by atoms with Gasteiger partial charge in [-0.15, -0.1) is 0 Å². The van der Waals surface area contributed by atoms with Gasteiger partial charge in [-0.05, 0) is 42.0 Å². The third kappa shape index (κ3) is 2.80. The fourth-order valence-corrected chi connectivity index (χ4v) is 4.05. The molecule has 144 valence electrons. The number of anilines is 2. The van der Waals surface area contributed by atoms with Crippen molar-refractivity contribution in [2.24, 2.45) is 5.92 Å². The van der Waals surface area contributed by atoms with Gasteiger partial charge in [0.1, 0.15) is 11.7 Å². The van der Waals surface area contributed by atoms with E-state index in [0.717, 1.165) is 16.2 Å². The molecule has 3 aromatic rings. The molecule has 2 saturated heterocycles. The average Bonchev–Trinajstić information content (AvgIpc) is 3.27. The van der Waals surface area contributed by atoms with E-state index in [1.807, 2.05) is 60.7 Å². The van der Waals surface area contributed by atoms with Crippen molar-refractivity contribution in [3.05, 3.63) is 96.3 Å². The Balaban J connectivity index is 1.58. The molecule has 0 unspecified atom stereocenters. The van der Waals surface area contributed by atoms with Gasteiger partial charge in [-0.25, -0.2) is 14.4 Å². The Labute approximate surface area is 166 Å². The number of fused-ring (bicyclic) bond motifs is 1. The summed E-state index contributed by atoms with van der Waals surface area (Å²) in [5, 5.41) is 1.66. The van der Waals surface area contributed by atoms with E-state index in [2.05, 4.69) is 0 Å². The van der Waals surface area contributed by atoms with Crippen LogP contribution in [-0.4, -0.2) is 17.9 Å². The van der Waals surface area contributed by atoms with Gasteiger partial charge in [-0.2, -0.15) is 0 Å². The molecule has 5 rings (SSSR count). The van der Waals surface area contributed by atoms with E-state index in [-0.39, 0.29) is 5.91 Å². The smallest absolute Gasteiger partial charge is 0.266 e. The van der Waals surface area contributed by atoms with E-state index < -0.39 is 29.8 Å². The number of para-hydroxylation sites is 1. The van der Waals surface area contributed by atoms with E-state index in [4.69, 9.17) is 4.84 Å². The van der Waals surface area contributed by atoms with Crippen LogP contribution in [0.2, 0.25) is 0 Å². The van der Waals surface area contributed by atoms with Gasteiger partial charge in [0, 0.05) is 0 Å². The van der Waals surface area contributed by atoms with E-state index >= 15 is 0 Å². The first-order valence-corrected chi connectivity index (χ1v) is 9.34. The minimum Gasteiger partial charge on any atom is -0.273 e. The molecule has 29 heavy (non-hydrogen) atoms. The third-order valence-corrected chi connectivity index (χ3v) is 5.35. The summed E-state index contributed by atoms with van der Waals surface area (Å²) in [5.74, 6) is -1.92. The highest BCUT2D eigenvalue weighted by molar-refractivity contribution is 6.23. The van der Waals surface area contributed by atoms with Gasteiger partial charge in [0.2, 0.25) is 5.91 Å². The number of halogens is 1. The zero-order valence-corrected chi connectivity index (χ0v) is 15.3. The number of benzene rings is 3. The number of hydrogen-bond acceptors (Lipinski definition) is 4. The molecule has 0 saturated carbocycles. The molecular formula is C23H17FN2O3. The number of imide groups is 1. The van der Waals surface area contributed by atoms with Gasteiger partial charge < -0.3 is 0 Å². The molecule has 2 amide bonds. The fraction of sp³-hybridized carbons (Fsp3) is 0.130. The standard InChI is InChI=1S/C23H17FN2O3/c24-16-11-13-17(14-12-16)25-22(27)19-20(15-7-3-1-4-8-15)26(29-21(19)23(25)28)18-9-5-2-6-10-18/h1-14,19-21H/t19-,20+,21+/m1/s1. The van der Waals surface area contributed by atoms with Gasteiger partial charge in [-0.1, -0.05) is 48.5 Å². The molecule has 2 aliphatic rings. The largest absolute Gasteiger partial charge is 0.273 e. The molecule has 6 heteroatoms. The number of nitrogens with zero attached hydrogens (tertiary/aromatic N) is 2. The molecule has 3 atom stereocenters. The van der Waals surface area contributed by atoms with Crippen LogP contribution in [0.4, 0.5) is 15.8 Å². The second-order valence-corrected chi connectivity index (χ2v) is 7.06. The predicted octanol–water partition coefficient (Wildman–Crippen LogP) is 3.88. The predicted molar refractivity (Wildman–Crippen MR) is 105 cm³/mol. The first kappa shape index (κ1) is 17.6. The van der Waals surface area contributed by atoms with Crippen LogP contribution in [0, 0.1) is 11.7 Å². The molecule has 0 bridgehead atoms. The number of rotatable bonds is 3. The van der Waals surface area contributed by atoms with Crippen molar-refractivity contribution >= 4 is 23.2 Å². The van der Waals surface area contributed by atoms with Crippen molar-refractivity contribution in [3.8, 4) is 0 Å². The topological polar surface area (TPSA) is 49.9 Å². The average molecular weight is 388 g/mol. The summed E-state index contributed by atoms with van der Waals surface area (Å²) in [5.41, 5.74) is 1.99. The Morgan fingerprint density at radius 3 is 2.00 bits per heavy atom. The van der Waals surface area contributed by atoms with Crippen molar-refractivity contribution in [1.82, 2.24) is 0 Å². The second kappa shape index (κ2) is 6.83. The molecule has 2 aliphatic heterocycles. The highest BCUT2D eigenvalue weighted by atomic mass is 19.1. The monoisotopic (exact) mass is 388 g/mol. The molecule has 3 aromatic carbocycles. The lowest BCUT2D eigenvalue weighted by molar-refractivity contribution is -0.126. The molecule has 0 spiro atoms. The van der Waals surface area contributed by atoms with Gasteiger partial charge in [0.05, 0.1) is 17.4 Å². The summed E-state index contributed by atoms with van der Waals surface area (Å²) in [6, 6.07) is 23.8. The van der Waals surface area contributed by atoms with Crippen LogP contribution in [0.25, 0.3) is 0 Å². The van der Waals surface area contributed by atoms with Crippen LogP contribution in [0.3, 0.4) is 0 Å². The Kier molecular flexibility index (Phi) is 4.14. The van der Waals surface area contributed by atoms with Crippen molar-refractivity contribution in [3.63, 3.8) is 0 Å². The molecule has 0 aliphatic carbocycles. The molecule has 0 radical (unpaired) electrons. The van der Waals surface area contributed by atoms with E-state index in [9.17, 15) is 14.0 Å². The summed E-state index contributed by atoms with van der Waals surface area (Å²) >= 11 is 0. The molecular weight excluding hydrogens is 371 g/mol. The van der Waals surface area contributed by atoms with Crippen LogP contribution >= 0.6 is 0 Å². The maximum absolute atomic E-state index is 13.3. The van der Waals surface area contributed by atoms with Crippen molar-refractivity contribution in [2.75, 3.05) is 9.96 Å². The fourth-order valence-electron chi connectivity index (χ4n) is 4.05. The van der Waals surface area contributed by atoms with Crippen molar-refractivity contribution in [1.29, 1.82) is 0 Å². The number of hydrogen-bond donors (Lipinski definition) is 0. The van der Waals surface area contributed by atoms with Crippen LogP contribution in [-0.2, 0) is 14.4 Å². The van der Waals surface area contributed by atoms with Crippen LogP contribution in [0.1, 0.15) is 11.6 Å². The summed E-state index contributed by atoms with van der Waals surface area (Å²) < 4.78 is 13.3. The van der Waals surface area contributed by atoms with Gasteiger partial charge in [-0.3, -0.25) is 14.4 Å². The quantitative estimate of drug-likeness (QED) is 0.639. The highest BCUT2D eigenvalue weighted by Gasteiger charge is 2.60. The molecule has 0 N–H and O–H groups in total. The second-order valence-electron chi connectivity index (χ2n) is 7.06. The van der Waals surface area contributed by atoms with E-state index in [0.29, 0.717) is 5.69 Å². The normalized spacial score (nSPS) is 23.6. The van der Waals surface area contributed by atoms with Crippen molar-refractivity contribution < 1.29 is 18.8 Å². The zero-order valence-electron chi connectivity index (χ0n) is 15.3. The lowest BCUT2D eigenvalue weighted by atomic mass is 9.90. The summed E-state index contributed by atoms with van der Waals surface area (Å²) in [6.07, 6.45) is -0.932. The number of carbonyl (C=O) groups excluding carboxylic acids is 2. The third-order valence-electron chi connectivity index (χ3n) is 5.35. The van der Waals surface area contributed by atoms with Crippen LogP contribution < -0.4 is 9.96 Å². The first-order chi connectivity index (χ1) is 14.1. The van der Waals surface area contributed by atoms with Gasteiger partial charge >= 0.3 is 0 Å². The molecule has 0 aromatic heterocycles. The minimum absolute atomic E-state index is 0.345. The van der Waals surface area contributed by atoms with Crippen LogP contribution in [0.15, 0.2) is 84.9 Å². The minimum atomic E-state index is -0.932.